The van der Waals surface area contributed by atoms with Crippen LogP contribution in [0.4, 0.5) is 11.5 Å². The van der Waals surface area contributed by atoms with Crippen molar-refractivity contribution in [3.8, 4) is 0 Å². The zero-order chi connectivity index (χ0) is 26.2. The molecule has 2 aliphatic carbocycles. The predicted octanol–water partition coefficient (Wildman–Crippen LogP) is 4.34. The number of amides is 2. The lowest BCUT2D eigenvalue weighted by molar-refractivity contribution is -0.145. The van der Waals surface area contributed by atoms with Crippen molar-refractivity contribution >= 4 is 56.5 Å². The average Bonchev–Trinajstić information content (AvgIpc) is 3.36. The van der Waals surface area contributed by atoms with E-state index in [1.54, 1.807) is 15.9 Å². The molecule has 198 valence electrons. The van der Waals surface area contributed by atoms with E-state index in [4.69, 9.17) is 11.6 Å². The fourth-order valence-corrected chi connectivity index (χ4v) is 8.35. The summed E-state index contributed by atoms with van der Waals surface area (Å²) in [6, 6.07) is 1.53. The number of carbonyl (C=O) groups excluding carboxylic acids is 2. The van der Waals surface area contributed by atoms with Gasteiger partial charge in [0, 0.05) is 18.0 Å². The van der Waals surface area contributed by atoms with Crippen molar-refractivity contribution in [3.05, 3.63) is 43.9 Å². The number of aromatic nitrogens is 3. The second-order valence-electron chi connectivity index (χ2n) is 11.4. The summed E-state index contributed by atoms with van der Waals surface area (Å²) >= 11 is 8.20. The smallest absolute Gasteiger partial charge is 0.276 e. The predicted molar refractivity (Wildman–Crippen MR) is 146 cm³/mol. The third-order valence-corrected chi connectivity index (χ3v) is 10.3. The number of aryl methyl sites for hydroxylation is 1. The van der Waals surface area contributed by atoms with Crippen molar-refractivity contribution in [2.45, 2.75) is 70.4 Å². The van der Waals surface area contributed by atoms with Gasteiger partial charge in [-0.25, -0.2) is 9.97 Å². The average molecular weight is 553 g/mol. The minimum atomic E-state index is -0.723. The van der Waals surface area contributed by atoms with Gasteiger partial charge in [0.2, 0.25) is 5.91 Å². The van der Waals surface area contributed by atoms with E-state index < -0.39 is 11.1 Å². The van der Waals surface area contributed by atoms with Crippen LogP contribution in [0.15, 0.2) is 17.2 Å². The number of rotatable bonds is 3. The van der Waals surface area contributed by atoms with Crippen molar-refractivity contribution in [2.75, 3.05) is 18.4 Å². The summed E-state index contributed by atoms with van der Waals surface area (Å²) in [6.45, 7) is 3.79. The number of hydrogen-bond acceptors (Lipinski definition) is 7. The summed E-state index contributed by atoms with van der Waals surface area (Å²) in [5, 5.41) is 7.46. The maximum Gasteiger partial charge on any atom is 0.276 e. The maximum atomic E-state index is 13.8. The molecule has 1 spiro atoms. The van der Waals surface area contributed by atoms with Crippen molar-refractivity contribution in [3.63, 3.8) is 0 Å². The molecule has 3 aromatic rings. The van der Waals surface area contributed by atoms with Gasteiger partial charge in [0.1, 0.15) is 34.0 Å². The molecule has 0 aromatic carbocycles. The first-order valence-electron chi connectivity index (χ1n) is 13.4. The Morgan fingerprint density at radius 1 is 1.13 bits per heavy atom. The van der Waals surface area contributed by atoms with Crippen molar-refractivity contribution in [1.29, 1.82) is 0 Å². The minimum Gasteiger partial charge on any atom is -0.342 e. The number of pyridine rings is 1. The molecule has 2 amide bonds. The molecule has 1 saturated heterocycles. The van der Waals surface area contributed by atoms with E-state index in [9.17, 15) is 14.4 Å². The first-order valence-corrected chi connectivity index (χ1v) is 14.6. The van der Waals surface area contributed by atoms with Crippen LogP contribution in [0.2, 0.25) is 5.02 Å². The van der Waals surface area contributed by atoms with E-state index in [1.165, 1.54) is 12.4 Å². The second kappa shape index (κ2) is 8.51. The molecule has 2 aliphatic heterocycles. The fourth-order valence-electron chi connectivity index (χ4n) is 6.70. The summed E-state index contributed by atoms with van der Waals surface area (Å²) in [4.78, 5) is 52.8. The van der Waals surface area contributed by atoms with E-state index in [1.807, 2.05) is 4.90 Å². The molecule has 7 rings (SSSR count). The summed E-state index contributed by atoms with van der Waals surface area (Å²) < 4.78 is 1.58. The number of nitrogens with zero attached hydrogens (tertiary/aromatic N) is 4. The standard InChI is InChI=1S/C27H29ClN6O3S/c1-26(25(37)33-10-5-11-33)9-6-15-18(13-26)38-23-19(15)21(29-14-30-23)31-17-12-16(28)20-22(35)32-27(34(20)24(17)36)7-3-2-4-8-27/h12,14H,2-11,13H2,1H3,(H,32,35)(H,29,30,31)/t26-/m1/s1. The third-order valence-electron chi connectivity index (χ3n) is 8.89. The van der Waals surface area contributed by atoms with Crippen LogP contribution in [0, 0.1) is 5.41 Å². The third kappa shape index (κ3) is 3.45. The van der Waals surface area contributed by atoms with Gasteiger partial charge < -0.3 is 15.5 Å². The van der Waals surface area contributed by atoms with Gasteiger partial charge >= 0.3 is 0 Å². The highest BCUT2D eigenvalue weighted by atomic mass is 35.5. The Hall–Kier alpha value is -2.98. The number of anilines is 2. The molecule has 5 heterocycles. The molecule has 2 N–H and O–H groups in total. The topological polar surface area (TPSA) is 109 Å². The molecule has 1 saturated carbocycles. The van der Waals surface area contributed by atoms with Crippen LogP contribution in [0.25, 0.3) is 10.2 Å². The van der Waals surface area contributed by atoms with E-state index in [2.05, 4.69) is 27.5 Å². The number of hydrogen-bond donors (Lipinski definition) is 2. The highest BCUT2D eigenvalue weighted by Gasteiger charge is 2.46. The number of fused-ring (bicyclic) bond motifs is 5. The largest absolute Gasteiger partial charge is 0.342 e. The Balaban J connectivity index is 1.28. The first-order chi connectivity index (χ1) is 18.3. The van der Waals surface area contributed by atoms with Gasteiger partial charge in [-0.1, -0.05) is 24.9 Å². The molecule has 0 bridgehead atoms. The molecule has 38 heavy (non-hydrogen) atoms. The monoisotopic (exact) mass is 552 g/mol. The molecule has 11 heteroatoms. The van der Waals surface area contributed by atoms with Gasteiger partial charge in [-0.3, -0.25) is 19.0 Å². The lowest BCUT2D eigenvalue weighted by atomic mass is 9.74. The Morgan fingerprint density at radius 2 is 1.92 bits per heavy atom. The Labute approximate surface area is 228 Å². The van der Waals surface area contributed by atoms with Crippen LogP contribution in [0.1, 0.15) is 72.8 Å². The van der Waals surface area contributed by atoms with E-state index in [-0.39, 0.29) is 33.8 Å². The van der Waals surface area contributed by atoms with E-state index >= 15 is 0 Å². The number of carbonyl (C=O) groups is 2. The van der Waals surface area contributed by atoms with Gasteiger partial charge in [-0.15, -0.1) is 11.3 Å². The Morgan fingerprint density at radius 3 is 2.66 bits per heavy atom. The maximum absolute atomic E-state index is 13.8. The summed E-state index contributed by atoms with van der Waals surface area (Å²) in [5.41, 5.74) is 0.252. The Bertz CT molecular complexity index is 1570. The fraction of sp³-hybridized carbons (Fsp3) is 0.519. The number of thiophene rings is 1. The van der Waals surface area contributed by atoms with Gasteiger partial charge in [0.05, 0.1) is 15.8 Å². The second-order valence-corrected chi connectivity index (χ2v) is 12.8. The highest BCUT2D eigenvalue weighted by Crippen LogP contribution is 2.46. The van der Waals surface area contributed by atoms with Crippen molar-refractivity contribution in [2.24, 2.45) is 5.41 Å². The lowest BCUT2D eigenvalue weighted by Gasteiger charge is -2.41. The van der Waals surface area contributed by atoms with Crippen LogP contribution in [0.5, 0.6) is 0 Å². The zero-order valence-corrected chi connectivity index (χ0v) is 22.8. The van der Waals surface area contributed by atoms with Gasteiger partial charge in [-0.05, 0) is 63.0 Å². The van der Waals surface area contributed by atoms with Crippen LogP contribution >= 0.6 is 22.9 Å². The van der Waals surface area contributed by atoms with Crippen LogP contribution in [-0.2, 0) is 23.3 Å². The summed E-state index contributed by atoms with van der Waals surface area (Å²) in [6.07, 6.45) is 9.14. The lowest BCUT2D eigenvalue weighted by Crippen LogP contribution is -2.50. The number of likely N-dealkylation sites (tertiary alicyclic amines) is 1. The van der Waals surface area contributed by atoms with Crippen LogP contribution in [-0.4, -0.2) is 44.3 Å². The minimum absolute atomic E-state index is 0.232. The molecular weight excluding hydrogens is 524 g/mol. The van der Waals surface area contributed by atoms with Gasteiger partial charge in [-0.2, -0.15) is 0 Å². The van der Waals surface area contributed by atoms with Gasteiger partial charge in [0.15, 0.2) is 0 Å². The number of nitrogens with one attached hydrogen (secondary N) is 2. The molecule has 1 atom stereocenters. The first kappa shape index (κ1) is 24.1. The van der Waals surface area contributed by atoms with Crippen molar-refractivity contribution < 1.29 is 9.59 Å². The summed E-state index contributed by atoms with van der Waals surface area (Å²) in [5.74, 6) is 0.499. The molecule has 9 nitrogen and oxygen atoms in total. The molecular formula is C27H29ClN6O3S. The van der Waals surface area contributed by atoms with Crippen LogP contribution in [0.3, 0.4) is 0 Å². The zero-order valence-electron chi connectivity index (χ0n) is 21.2. The normalized spacial score (nSPS) is 23.6. The van der Waals surface area contributed by atoms with E-state index in [0.717, 1.165) is 72.3 Å². The molecule has 0 unspecified atom stereocenters. The summed E-state index contributed by atoms with van der Waals surface area (Å²) in [7, 11) is 0. The molecule has 4 aliphatic rings. The highest BCUT2D eigenvalue weighted by molar-refractivity contribution is 7.19. The number of halogens is 1. The van der Waals surface area contributed by atoms with E-state index in [0.29, 0.717) is 25.1 Å². The molecule has 3 aromatic heterocycles. The van der Waals surface area contributed by atoms with Crippen molar-refractivity contribution in [1.82, 2.24) is 24.8 Å². The Kier molecular flexibility index (Phi) is 5.39. The van der Waals surface area contributed by atoms with Crippen LogP contribution < -0.4 is 16.2 Å². The SMILES string of the molecule is C[C@@]1(C(=O)N2CCC2)CCc2c(sc3ncnc(Nc4cc(Cl)c5n(c4=O)C4(CCCCC4)NC5=O)c23)C1. The van der Waals surface area contributed by atoms with Gasteiger partial charge in [0.25, 0.3) is 11.5 Å². The quantitative estimate of drug-likeness (QED) is 0.500. The molecule has 2 fully saturated rings. The molecule has 0 radical (unpaired) electrons.